The van der Waals surface area contributed by atoms with Gasteiger partial charge in [-0.05, 0) is 32.5 Å². The van der Waals surface area contributed by atoms with E-state index in [1.807, 2.05) is 37.8 Å². The number of nitrogens with zero attached hydrogens (tertiary/aromatic N) is 1. The average molecular weight is 211 g/mol. The van der Waals surface area contributed by atoms with Gasteiger partial charge in [0.25, 0.3) is 0 Å². The van der Waals surface area contributed by atoms with Gasteiger partial charge in [-0.1, -0.05) is 6.92 Å². The number of aryl methyl sites for hydroxylation is 1. The van der Waals surface area contributed by atoms with Crippen LogP contribution in [0.15, 0.2) is 16.5 Å². The normalized spacial score (nSPS) is 13.1. The molecule has 0 spiro atoms. The molecule has 0 amide bonds. The summed E-state index contributed by atoms with van der Waals surface area (Å²) < 4.78 is 5.48. The van der Waals surface area contributed by atoms with Gasteiger partial charge in [-0.25, -0.2) is 0 Å². The van der Waals surface area contributed by atoms with Crippen molar-refractivity contribution in [3.63, 3.8) is 0 Å². The summed E-state index contributed by atoms with van der Waals surface area (Å²) in [6, 6.07) is 3.78. The minimum atomic E-state index is -0.813. The standard InChI is InChI=1S/C11H17NO3/c1-4-12(7-11(13)14)9(3)10-6-5-8(2)15-10/h5-6,9H,4,7H2,1-3H3,(H,13,14). The fourth-order valence-corrected chi connectivity index (χ4v) is 1.55. The molecule has 1 atom stereocenters. The summed E-state index contributed by atoms with van der Waals surface area (Å²) in [7, 11) is 0. The fourth-order valence-electron chi connectivity index (χ4n) is 1.55. The number of carboxylic acid groups (broad SMARTS) is 1. The number of hydrogen-bond acceptors (Lipinski definition) is 3. The third kappa shape index (κ3) is 3.09. The highest BCUT2D eigenvalue weighted by atomic mass is 16.4. The van der Waals surface area contributed by atoms with E-state index in [1.54, 1.807) is 0 Å². The molecular weight excluding hydrogens is 194 g/mol. The number of furan rings is 1. The molecule has 0 aliphatic heterocycles. The van der Waals surface area contributed by atoms with Gasteiger partial charge in [0.1, 0.15) is 11.5 Å². The van der Waals surface area contributed by atoms with E-state index >= 15 is 0 Å². The van der Waals surface area contributed by atoms with E-state index in [0.717, 1.165) is 11.5 Å². The molecule has 1 aromatic rings. The fraction of sp³-hybridized carbons (Fsp3) is 0.545. The van der Waals surface area contributed by atoms with Crippen molar-refractivity contribution >= 4 is 5.97 Å². The summed E-state index contributed by atoms with van der Waals surface area (Å²) in [4.78, 5) is 12.5. The van der Waals surface area contributed by atoms with Crippen LogP contribution in [0.5, 0.6) is 0 Å². The molecule has 1 N–H and O–H groups in total. The molecule has 1 heterocycles. The zero-order valence-electron chi connectivity index (χ0n) is 9.36. The van der Waals surface area contributed by atoms with Crippen LogP contribution in [-0.2, 0) is 4.79 Å². The smallest absolute Gasteiger partial charge is 0.317 e. The van der Waals surface area contributed by atoms with E-state index in [2.05, 4.69) is 0 Å². The van der Waals surface area contributed by atoms with Gasteiger partial charge < -0.3 is 9.52 Å². The molecule has 4 heteroatoms. The predicted octanol–water partition coefficient (Wildman–Crippen LogP) is 2.06. The van der Waals surface area contributed by atoms with E-state index < -0.39 is 5.97 Å². The Kier molecular flexibility index (Phi) is 3.91. The van der Waals surface area contributed by atoms with Gasteiger partial charge in [0, 0.05) is 0 Å². The van der Waals surface area contributed by atoms with Crippen molar-refractivity contribution in [1.29, 1.82) is 0 Å². The van der Waals surface area contributed by atoms with Crippen molar-refractivity contribution in [2.24, 2.45) is 0 Å². The lowest BCUT2D eigenvalue weighted by Gasteiger charge is -2.24. The quantitative estimate of drug-likeness (QED) is 0.809. The van der Waals surface area contributed by atoms with Crippen molar-refractivity contribution in [1.82, 2.24) is 4.90 Å². The molecular formula is C11H17NO3. The SMILES string of the molecule is CCN(CC(=O)O)C(C)c1ccc(C)o1. The number of likely N-dealkylation sites (N-methyl/N-ethyl adjacent to an activating group) is 1. The molecule has 0 aromatic carbocycles. The molecule has 0 fully saturated rings. The largest absolute Gasteiger partial charge is 0.480 e. The first-order valence-corrected chi connectivity index (χ1v) is 5.06. The Morgan fingerprint density at radius 3 is 2.67 bits per heavy atom. The van der Waals surface area contributed by atoms with Crippen LogP contribution in [0.1, 0.15) is 31.4 Å². The number of rotatable bonds is 5. The van der Waals surface area contributed by atoms with Crippen LogP contribution >= 0.6 is 0 Å². The summed E-state index contributed by atoms with van der Waals surface area (Å²) in [5, 5.41) is 8.74. The summed E-state index contributed by atoms with van der Waals surface area (Å²) in [5.41, 5.74) is 0. The summed E-state index contributed by atoms with van der Waals surface area (Å²) in [6.45, 7) is 6.49. The van der Waals surface area contributed by atoms with Crippen LogP contribution in [0, 0.1) is 6.92 Å². The highest BCUT2D eigenvalue weighted by molar-refractivity contribution is 5.69. The topological polar surface area (TPSA) is 53.7 Å². The van der Waals surface area contributed by atoms with Crippen molar-refractivity contribution in [3.05, 3.63) is 23.7 Å². The summed E-state index contributed by atoms with van der Waals surface area (Å²) in [5.74, 6) is 0.853. The van der Waals surface area contributed by atoms with Crippen molar-refractivity contribution in [2.45, 2.75) is 26.8 Å². The Morgan fingerprint density at radius 2 is 2.27 bits per heavy atom. The van der Waals surface area contributed by atoms with Crippen molar-refractivity contribution in [3.8, 4) is 0 Å². The predicted molar refractivity (Wildman–Crippen MR) is 56.7 cm³/mol. The maximum atomic E-state index is 10.6. The molecule has 4 nitrogen and oxygen atoms in total. The van der Waals surface area contributed by atoms with Crippen LogP contribution in [-0.4, -0.2) is 29.1 Å². The van der Waals surface area contributed by atoms with Gasteiger partial charge in [-0.3, -0.25) is 9.69 Å². The number of aliphatic carboxylic acids is 1. The van der Waals surface area contributed by atoms with Gasteiger partial charge in [0.05, 0.1) is 12.6 Å². The van der Waals surface area contributed by atoms with E-state index in [4.69, 9.17) is 9.52 Å². The maximum Gasteiger partial charge on any atom is 0.317 e. The minimum absolute atomic E-state index is 0.000185. The zero-order chi connectivity index (χ0) is 11.4. The lowest BCUT2D eigenvalue weighted by atomic mass is 10.2. The highest BCUT2D eigenvalue weighted by Gasteiger charge is 2.19. The number of carbonyl (C=O) groups is 1. The Balaban J connectivity index is 2.72. The molecule has 0 radical (unpaired) electrons. The number of hydrogen-bond donors (Lipinski definition) is 1. The monoisotopic (exact) mass is 211 g/mol. The van der Waals surface area contributed by atoms with E-state index in [0.29, 0.717) is 6.54 Å². The zero-order valence-corrected chi connectivity index (χ0v) is 9.36. The lowest BCUT2D eigenvalue weighted by Crippen LogP contribution is -2.31. The van der Waals surface area contributed by atoms with Gasteiger partial charge in [-0.15, -0.1) is 0 Å². The first-order valence-electron chi connectivity index (χ1n) is 5.06. The Hall–Kier alpha value is -1.29. The second kappa shape index (κ2) is 4.98. The van der Waals surface area contributed by atoms with Gasteiger partial charge in [0.15, 0.2) is 0 Å². The molecule has 0 saturated carbocycles. The average Bonchev–Trinajstić information content (AvgIpc) is 2.60. The maximum absolute atomic E-state index is 10.6. The van der Waals surface area contributed by atoms with Gasteiger partial charge >= 0.3 is 5.97 Å². The van der Waals surface area contributed by atoms with E-state index in [-0.39, 0.29) is 12.6 Å². The number of carboxylic acids is 1. The summed E-state index contributed by atoms with van der Waals surface area (Å²) >= 11 is 0. The Labute approximate surface area is 89.5 Å². The third-order valence-corrected chi connectivity index (χ3v) is 2.47. The lowest BCUT2D eigenvalue weighted by molar-refractivity contribution is -0.138. The van der Waals surface area contributed by atoms with Crippen molar-refractivity contribution < 1.29 is 14.3 Å². The van der Waals surface area contributed by atoms with Crippen LogP contribution in [0.3, 0.4) is 0 Å². The molecule has 0 bridgehead atoms. The third-order valence-electron chi connectivity index (χ3n) is 2.47. The highest BCUT2D eigenvalue weighted by Crippen LogP contribution is 2.21. The first kappa shape index (κ1) is 11.8. The molecule has 84 valence electrons. The molecule has 0 aliphatic rings. The Morgan fingerprint density at radius 1 is 1.60 bits per heavy atom. The second-order valence-electron chi connectivity index (χ2n) is 3.58. The van der Waals surface area contributed by atoms with Crippen LogP contribution in [0.2, 0.25) is 0 Å². The van der Waals surface area contributed by atoms with Crippen LogP contribution in [0.25, 0.3) is 0 Å². The molecule has 0 aliphatic carbocycles. The van der Waals surface area contributed by atoms with E-state index in [1.165, 1.54) is 0 Å². The second-order valence-corrected chi connectivity index (χ2v) is 3.58. The molecule has 15 heavy (non-hydrogen) atoms. The molecule has 0 saturated heterocycles. The van der Waals surface area contributed by atoms with Gasteiger partial charge in [-0.2, -0.15) is 0 Å². The molecule has 1 rings (SSSR count). The van der Waals surface area contributed by atoms with E-state index in [9.17, 15) is 4.79 Å². The Bertz CT molecular complexity index is 332. The molecule has 1 aromatic heterocycles. The van der Waals surface area contributed by atoms with Crippen LogP contribution < -0.4 is 0 Å². The van der Waals surface area contributed by atoms with Crippen molar-refractivity contribution in [2.75, 3.05) is 13.1 Å². The summed E-state index contributed by atoms with van der Waals surface area (Å²) in [6.07, 6.45) is 0. The minimum Gasteiger partial charge on any atom is -0.480 e. The van der Waals surface area contributed by atoms with Gasteiger partial charge in [0.2, 0.25) is 0 Å². The molecule has 1 unspecified atom stereocenters. The van der Waals surface area contributed by atoms with Crippen LogP contribution in [0.4, 0.5) is 0 Å². The first-order chi connectivity index (χ1) is 7.04.